The van der Waals surface area contributed by atoms with E-state index in [2.05, 4.69) is 9.80 Å². The third kappa shape index (κ3) is 3.67. The molecule has 0 saturated carbocycles. The maximum atomic E-state index is 13.1. The van der Waals surface area contributed by atoms with Crippen LogP contribution in [0.1, 0.15) is 5.56 Å². The van der Waals surface area contributed by atoms with E-state index in [9.17, 15) is 4.79 Å². The fraction of sp³-hybridized carbons (Fsp3) is 0.348. The summed E-state index contributed by atoms with van der Waals surface area (Å²) < 4.78 is 17.4. The van der Waals surface area contributed by atoms with Gasteiger partial charge < -0.3 is 13.9 Å². The van der Waals surface area contributed by atoms with Crippen LogP contribution in [0.3, 0.4) is 0 Å². The average molecular weight is 392 g/mol. The number of hydrogen-bond acceptors (Lipinski definition) is 6. The highest BCUT2D eigenvalue weighted by Gasteiger charge is 2.23. The molecule has 6 nitrogen and oxygen atoms in total. The van der Waals surface area contributed by atoms with Crippen LogP contribution in [0.4, 0.5) is 0 Å². The van der Waals surface area contributed by atoms with Crippen molar-refractivity contribution in [3.8, 4) is 16.9 Å². The molecule has 0 aliphatic carbocycles. The normalized spacial score (nSPS) is 17.8. The predicted octanol–water partition coefficient (Wildman–Crippen LogP) is 2.94. The molecule has 5 rings (SSSR count). The van der Waals surface area contributed by atoms with Gasteiger partial charge in [0.25, 0.3) is 0 Å². The molecule has 0 N–H and O–H groups in total. The summed E-state index contributed by atoms with van der Waals surface area (Å²) in [6.45, 7) is 6.71. The summed E-state index contributed by atoms with van der Waals surface area (Å²) in [6, 6.07) is 13.3. The SMILES string of the molecule is O=c1c(-c2ccccc2)coc2c3c(ccc12)OCN(CCN1CCOCC1)C3. The van der Waals surface area contributed by atoms with Gasteiger partial charge in [-0.15, -0.1) is 0 Å². The van der Waals surface area contributed by atoms with Gasteiger partial charge in [0.15, 0.2) is 0 Å². The van der Waals surface area contributed by atoms with Crippen LogP contribution in [0.25, 0.3) is 22.1 Å². The van der Waals surface area contributed by atoms with Gasteiger partial charge in [-0.1, -0.05) is 30.3 Å². The van der Waals surface area contributed by atoms with Crippen molar-refractivity contribution < 1.29 is 13.9 Å². The maximum absolute atomic E-state index is 13.1. The second-order valence-corrected chi connectivity index (χ2v) is 7.54. The minimum Gasteiger partial charge on any atom is -0.478 e. The lowest BCUT2D eigenvalue weighted by atomic mass is 10.0. The molecule has 29 heavy (non-hydrogen) atoms. The Kier molecular flexibility index (Phi) is 5.06. The number of ether oxygens (including phenoxy) is 2. The van der Waals surface area contributed by atoms with Crippen molar-refractivity contribution >= 4 is 11.0 Å². The van der Waals surface area contributed by atoms with Crippen LogP contribution >= 0.6 is 0 Å². The lowest BCUT2D eigenvalue weighted by molar-refractivity contribution is 0.0241. The molecule has 1 fully saturated rings. The largest absolute Gasteiger partial charge is 0.478 e. The second-order valence-electron chi connectivity index (χ2n) is 7.54. The van der Waals surface area contributed by atoms with Crippen LogP contribution in [-0.2, 0) is 11.3 Å². The van der Waals surface area contributed by atoms with Gasteiger partial charge in [0.05, 0.1) is 29.7 Å². The molecule has 0 amide bonds. The van der Waals surface area contributed by atoms with E-state index in [0.29, 0.717) is 29.8 Å². The van der Waals surface area contributed by atoms with Crippen LogP contribution in [-0.4, -0.2) is 55.9 Å². The lowest BCUT2D eigenvalue weighted by Gasteiger charge is -2.32. The first kappa shape index (κ1) is 18.4. The summed E-state index contributed by atoms with van der Waals surface area (Å²) >= 11 is 0. The third-order valence-electron chi connectivity index (χ3n) is 5.71. The van der Waals surface area contributed by atoms with Gasteiger partial charge in [-0.3, -0.25) is 14.6 Å². The molecule has 6 heteroatoms. The van der Waals surface area contributed by atoms with E-state index in [0.717, 1.165) is 56.3 Å². The van der Waals surface area contributed by atoms with Crippen LogP contribution in [0.5, 0.6) is 5.75 Å². The first-order chi connectivity index (χ1) is 14.3. The minimum absolute atomic E-state index is 0.00862. The van der Waals surface area contributed by atoms with Gasteiger partial charge in [-0.05, 0) is 17.7 Å². The molecule has 0 radical (unpaired) electrons. The fourth-order valence-corrected chi connectivity index (χ4v) is 4.02. The van der Waals surface area contributed by atoms with E-state index in [-0.39, 0.29) is 5.43 Å². The summed E-state index contributed by atoms with van der Waals surface area (Å²) in [6.07, 6.45) is 1.58. The monoisotopic (exact) mass is 392 g/mol. The molecule has 150 valence electrons. The summed E-state index contributed by atoms with van der Waals surface area (Å²) in [5.74, 6) is 0.802. The molecule has 2 aliphatic rings. The maximum Gasteiger partial charge on any atom is 0.200 e. The zero-order chi connectivity index (χ0) is 19.6. The predicted molar refractivity (Wildman–Crippen MR) is 111 cm³/mol. The lowest BCUT2D eigenvalue weighted by Crippen LogP contribution is -2.43. The highest BCUT2D eigenvalue weighted by Crippen LogP contribution is 2.32. The Morgan fingerprint density at radius 3 is 2.55 bits per heavy atom. The molecule has 3 aromatic rings. The van der Waals surface area contributed by atoms with E-state index >= 15 is 0 Å². The zero-order valence-electron chi connectivity index (χ0n) is 16.3. The molecular formula is C23H24N2O4. The number of nitrogens with zero attached hydrogens (tertiary/aromatic N) is 2. The Bertz CT molecular complexity index is 1060. The molecule has 0 spiro atoms. The average Bonchev–Trinajstić information content (AvgIpc) is 2.79. The summed E-state index contributed by atoms with van der Waals surface area (Å²) in [4.78, 5) is 17.8. The molecule has 1 saturated heterocycles. The van der Waals surface area contributed by atoms with E-state index < -0.39 is 0 Å². The second kappa shape index (κ2) is 7.99. The third-order valence-corrected chi connectivity index (χ3v) is 5.71. The zero-order valence-corrected chi connectivity index (χ0v) is 16.3. The van der Waals surface area contributed by atoms with Crippen molar-refractivity contribution in [2.24, 2.45) is 0 Å². The van der Waals surface area contributed by atoms with E-state index in [4.69, 9.17) is 13.9 Å². The Morgan fingerprint density at radius 2 is 1.72 bits per heavy atom. The van der Waals surface area contributed by atoms with E-state index in [1.165, 1.54) is 0 Å². The van der Waals surface area contributed by atoms with Gasteiger partial charge in [-0.25, -0.2) is 0 Å². The van der Waals surface area contributed by atoms with Crippen molar-refractivity contribution in [2.45, 2.75) is 6.54 Å². The smallest absolute Gasteiger partial charge is 0.200 e. The van der Waals surface area contributed by atoms with Crippen molar-refractivity contribution in [3.63, 3.8) is 0 Å². The highest BCUT2D eigenvalue weighted by molar-refractivity contribution is 5.85. The van der Waals surface area contributed by atoms with Gasteiger partial charge in [0.1, 0.15) is 24.3 Å². The van der Waals surface area contributed by atoms with Gasteiger partial charge in [0, 0.05) is 32.7 Å². The van der Waals surface area contributed by atoms with Gasteiger partial charge >= 0.3 is 0 Å². The van der Waals surface area contributed by atoms with Crippen molar-refractivity contribution in [1.82, 2.24) is 9.80 Å². The van der Waals surface area contributed by atoms with Gasteiger partial charge in [0.2, 0.25) is 5.43 Å². The number of fused-ring (bicyclic) bond motifs is 3. The molecule has 0 unspecified atom stereocenters. The number of hydrogen-bond donors (Lipinski definition) is 0. The summed E-state index contributed by atoms with van der Waals surface area (Å²) in [7, 11) is 0. The van der Waals surface area contributed by atoms with Crippen LogP contribution in [0.15, 0.2) is 57.9 Å². The summed E-state index contributed by atoms with van der Waals surface area (Å²) in [5, 5.41) is 0.601. The molecule has 0 bridgehead atoms. The Labute approximate surface area is 169 Å². The van der Waals surface area contributed by atoms with Crippen molar-refractivity contribution in [3.05, 3.63) is 64.5 Å². The Balaban J connectivity index is 1.41. The first-order valence-electron chi connectivity index (χ1n) is 10.1. The molecular weight excluding hydrogens is 368 g/mol. The minimum atomic E-state index is -0.00862. The van der Waals surface area contributed by atoms with E-state index in [1.807, 2.05) is 42.5 Å². The number of morpholine rings is 1. The molecule has 3 heterocycles. The standard InChI is InChI=1S/C23H24N2O4/c26-22-18-6-7-21-19(23(18)28-15-20(22)17-4-2-1-3-5-17)14-25(16-29-21)9-8-24-10-12-27-13-11-24/h1-7,15H,8-14,16H2. The van der Waals surface area contributed by atoms with Crippen molar-refractivity contribution in [2.75, 3.05) is 46.1 Å². The topological polar surface area (TPSA) is 55.2 Å². The Morgan fingerprint density at radius 1 is 0.931 bits per heavy atom. The summed E-state index contributed by atoms with van der Waals surface area (Å²) in [5.41, 5.74) is 3.02. The molecule has 2 aliphatic heterocycles. The number of rotatable bonds is 4. The first-order valence-corrected chi connectivity index (χ1v) is 10.1. The highest BCUT2D eigenvalue weighted by atomic mass is 16.5. The number of benzene rings is 2. The molecule has 1 aromatic heterocycles. The van der Waals surface area contributed by atoms with Gasteiger partial charge in [-0.2, -0.15) is 0 Å². The molecule has 2 aromatic carbocycles. The molecule has 0 atom stereocenters. The quantitative estimate of drug-likeness (QED) is 0.681. The van der Waals surface area contributed by atoms with Crippen molar-refractivity contribution in [1.29, 1.82) is 0 Å². The van der Waals surface area contributed by atoms with E-state index in [1.54, 1.807) is 6.26 Å². The van der Waals surface area contributed by atoms with Crippen LogP contribution < -0.4 is 10.2 Å². The fourth-order valence-electron chi connectivity index (χ4n) is 4.02. The Hall–Kier alpha value is -2.67. The van der Waals surface area contributed by atoms with Crippen LogP contribution in [0.2, 0.25) is 0 Å². The van der Waals surface area contributed by atoms with Crippen LogP contribution in [0, 0.1) is 0 Å².